The Balaban J connectivity index is 2.32. The van der Waals surface area contributed by atoms with Crippen molar-refractivity contribution < 1.29 is 4.74 Å². The van der Waals surface area contributed by atoms with E-state index in [1.54, 1.807) is 17.4 Å². The molecule has 0 aromatic carbocycles. The van der Waals surface area contributed by atoms with E-state index in [1.165, 1.54) is 16.7 Å². The third kappa shape index (κ3) is 1.96. The predicted molar refractivity (Wildman–Crippen MR) is 62.6 cm³/mol. The predicted octanol–water partition coefficient (Wildman–Crippen LogP) is 2.11. The van der Waals surface area contributed by atoms with Crippen LogP contribution in [0, 0.1) is 5.41 Å². The Morgan fingerprint density at radius 3 is 3.33 bits per heavy atom. The van der Waals surface area contributed by atoms with Crippen molar-refractivity contribution in [2.75, 3.05) is 13.7 Å². The summed E-state index contributed by atoms with van der Waals surface area (Å²) in [7, 11) is 1.86. The number of nitrogens with one attached hydrogen (secondary N) is 2. The van der Waals surface area contributed by atoms with E-state index in [2.05, 4.69) is 16.8 Å². The third-order valence-electron chi connectivity index (χ3n) is 2.51. The maximum atomic E-state index is 7.11. The molecule has 1 aliphatic rings. The Labute approximate surface area is 93.3 Å². The number of likely N-dealkylation sites (N-methyl/N-ethyl adjacent to an activating group) is 1. The lowest BCUT2D eigenvalue weighted by Gasteiger charge is -2.25. The third-order valence-corrected chi connectivity index (χ3v) is 3.51. The van der Waals surface area contributed by atoms with Crippen LogP contribution >= 0.6 is 11.3 Å². The molecule has 0 bridgehead atoms. The quantitative estimate of drug-likeness (QED) is 0.769. The molecule has 15 heavy (non-hydrogen) atoms. The SMILES string of the molecule is CN/C(=C\C=N)C1OCCc2ccsc21. The monoisotopic (exact) mass is 222 g/mol. The van der Waals surface area contributed by atoms with Crippen molar-refractivity contribution >= 4 is 17.6 Å². The summed E-state index contributed by atoms with van der Waals surface area (Å²) in [6.07, 6.45) is 4.02. The molecule has 1 atom stereocenters. The molecule has 1 unspecified atom stereocenters. The molecule has 0 saturated heterocycles. The van der Waals surface area contributed by atoms with E-state index in [4.69, 9.17) is 10.1 Å². The van der Waals surface area contributed by atoms with Gasteiger partial charge >= 0.3 is 0 Å². The number of fused-ring (bicyclic) bond motifs is 1. The molecule has 1 aliphatic heterocycles. The molecule has 0 fully saturated rings. The molecule has 1 aromatic rings. The van der Waals surface area contributed by atoms with Crippen LogP contribution in [0.2, 0.25) is 0 Å². The van der Waals surface area contributed by atoms with Gasteiger partial charge in [0.15, 0.2) is 0 Å². The lowest BCUT2D eigenvalue weighted by molar-refractivity contribution is 0.0664. The maximum absolute atomic E-state index is 7.11. The lowest BCUT2D eigenvalue weighted by atomic mass is 10.1. The minimum absolute atomic E-state index is 0.0136. The zero-order valence-corrected chi connectivity index (χ0v) is 9.43. The van der Waals surface area contributed by atoms with Gasteiger partial charge in [-0.25, -0.2) is 0 Å². The molecule has 1 aromatic heterocycles. The lowest BCUT2D eigenvalue weighted by Crippen LogP contribution is -2.22. The maximum Gasteiger partial charge on any atom is 0.131 e. The summed E-state index contributed by atoms with van der Waals surface area (Å²) in [4.78, 5) is 1.27. The first-order valence-electron chi connectivity index (χ1n) is 4.93. The number of thiophene rings is 1. The van der Waals surface area contributed by atoms with Gasteiger partial charge in [0.25, 0.3) is 0 Å². The number of rotatable bonds is 3. The fourth-order valence-electron chi connectivity index (χ4n) is 1.77. The Morgan fingerprint density at radius 2 is 2.60 bits per heavy atom. The fraction of sp³-hybridized carbons (Fsp3) is 0.364. The molecular formula is C11H14N2OS. The van der Waals surface area contributed by atoms with Gasteiger partial charge < -0.3 is 15.5 Å². The second-order valence-electron chi connectivity index (χ2n) is 3.35. The van der Waals surface area contributed by atoms with Crippen molar-refractivity contribution in [3.05, 3.63) is 33.7 Å². The van der Waals surface area contributed by atoms with Gasteiger partial charge in [-0.15, -0.1) is 11.3 Å². The van der Waals surface area contributed by atoms with Gasteiger partial charge in [-0.2, -0.15) is 0 Å². The fourth-order valence-corrected chi connectivity index (χ4v) is 2.79. The Kier molecular flexibility index (Phi) is 3.18. The summed E-state index contributed by atoms with van der Waals surface area (Å²) in [5.41, 5.74) is 2.33. The highest BCUT2D eigenvalue weighted by Gasteiger charge is 2.24. The molecule has 2 N–H and O–H groups in total. The van der Waals surface area contributed by atoms with Crippen LogP contribution in [0.25, 0.3) is 0 Å². The highest BCUT2D eigenvalue weighted by atomic mass is 32.1. The van der Waals surface area contributed by atoms with E-state index in [-0.39, 0.29) is 6.10 Å². The molecule has 80 valence electrons. The van der Waals surface area contributed by atoms with E-state index in [1.807, 2.05) is 7.05 Å². The minimum Gasteiger partial charge on any atom is -0.389 e. The topological polar surface area (TPSA) is 45.1 Å². The molecule has 3 nitrogen and oxygen atoms in total. The first-order valence-corrected chi connectivity index (χ1v) is 5.81. The summed E-state index contributed by atoms with van der Waals surface area (Å²) in [5, 5.41) is 12.3. The van der Waals surface area contributed by atoms with Crippen molar-refractivity contribution in [1.82, 2.24) is 5.32 Å². The molecule has 0 spiro atoms. The average Bonchev–Trinajstić information content (AvgIpc) is 2.73. The van der Waals surface area contributed by atoms with E-state index in [0.717, 1.165) is 18.7 Å². The Hall–Kier alpha value is -1.13. The van der Waals surface area contributed by atoms with Crippen molar-refractivity contribution in [2.45, 2.75) is 12.5 Å². The Bertz CT molecular complexity index is 384. The number of hydrogen-bond donors (Lipinski definition) is 2. The molecule has 2 heterocycles. The van der Waals surface area contributed by atoms with Gasteiger partial charge in [0.2, 0.25) is 0 Å². The van der Waals surface area contributed by atoms with Crippen LogP contribution in [-0.4, -0.2) is 19.9 Å². The first-order chi connectivity index (χ1) is 7.36. The number of hydrogen-bond acceptors (Lipinski definition) is 4. The zero-order valence-electron chi connectivity index (χ0n) is 8.62. The molecule has 0 radical (unpaired) electrons. The van der Waals surface area contributed by atoms with Crippen molar-refractivity contribution in [2.24, 2.45) is 0 Å². The normalized spacial score (nSPS) is 20.9. The van der Waals surface area contributed by atoms with Crippen LogP contribution in [0.15, 0.2) is 23.2 Å². The summed E-state index contributed by atoms with van der Waals surface area (Å²) in [5.74, 6) is 0. The molecular weight excluding hydrogens is 208 g/mol. The van der Waals surface area contributed by atoms with Crippen LogP contribution in [0.1, 0.15) is 16.5 Å². The van der Waals surface area contributed by atoms with Crippen molar-refractivity contribution in [3.8, 4) is 0 Å². The molecule has 0 saturated carbocycles. The Morgan fingerprint density at radius 1 is 1.73 bits per heavy atom. The van der Waals surface area contributed by atoms with Gasteiger partial charge in [-0.05, 0) is 29.5 Å². The van der Waals surface area contributed by atoms with Gasteiger partial charge in [-0.3, -0.25) is 0 Å². The highest BCUT2D eigenvalue weighted by Crippen LogP contribution is 2.35. The van der Waals surface area contributed by atoms with Crippen LogP contribution < -0.4 is 5.32 Å². The standard InChI is InChI=1S/C11H14N2OS/c1-13-9(2-5-12)10-11-8(3-6-14-10)4-7-15-11/h2,4-5,7,10,12-13H,3,6H2,1H3/b9-2-,12-5?. The second kappa shape index (κ2) is 4.59. The van der Waals surface area contributed by atoms with Crippen LogP contribution in [-0.2, 0) is 11.2 Å². The minimum atomic E-state index is -0.0136. The first kappa shape index (κ1) is 10.4. The van der Waals surface area contributed by atoms with E-state index in [9.17, 15) is 0 Å². The van der Waals surface area contributed by atoms with E-state index in [0.29, 0.717) is 0 Å². The van der Waals surface area contributed by atoms with Crippen LogP contribution in [0.3, 0.4) is 0 Å². The summed E-state index contributed by atoms with van der Waals surface area (Å²) in [6, 6.07) is 2.16. The molecule has 2 rings (SSSR count). The van der Waals surface area contributed by atoms with Gasteiger partial charge in [0.05, 0.1) is 6.61 Å². The van der Waals surface area contributed by atoms with Gasteiger partial charge in [-0.1, -0.05) is 0 Å². The van der Waals surface area contributed by atoms with Crippen molar-refractivity contribution in [1.29, 1.82) is 5.41 Å². The summed E-state index contributed by atoms with van der Waals surface area (Å²) in [6.45, 7) is 0.755. The van der Waals surface area contributed by atoms with Gasteiger partial charge in [0.1, 0.15) is 6.10 Å². The van der Waals surface area contributed by atoms with E-state index < -0.39 is 0 Å². The van der Waals surface area contributed by atoms with Crippen LogP contribution in [0.4, 0.5) is 0 Å². The second-order valence-corrected chi connectivity index (χ2v) is 4.30. The summed E-state index contributed by atoms with van der Waals surface area (Å²) < 4.78 is 5.74. The van der Waals surface area contributed by atoms with E-state index >= 15 is 0 Å². The van der Waals surface area contributed by atoms with Crippen molar-refractivity contribution in [3.63, 3.8) is 0 Å². The van der Waals surface area contributed by atoms with Gasteiger partial charge in [0, 0.05) is 23.8 Å². The highest BCUT2D eigenvalue weighted by molar-refractivity contribution is 7.10. The summed E-state index contributed by atoms with van der Waals surface area (Å²) >= 11 is 1.72. The van der Waals surface area contributed by atoms with Crippen LogP contribution in [0.5, 0.6) is 0 Å². The molecule has 0 aliphatic carbocycles. The number of ether oxygens (including phenoxy) is 1. The zero-order chi connectivity index (χ0) is 10.7. The molecule has 0 amide bonds. The average molecular weight is 222 g/mol. The largest absolute Gasteiger partial charge is 0.389 e. The number of allylic oxidation sites excluding steroid dienone is 1. The molecule has 4 heteroatoms. The smallest absolute Gasteiger partial charge is 0.131 e.